The summed E-state index contributed by atoms with van der Waals surface area (Å²) >= 11 is 0. The maximum absolute atomic E-state index is 11.9. The van der Waals surface area contributed by atoms with Crippen LogP contribution >= 0.6 is 0 Å². The first kappa shape index (κ1) is 24.3. The Morgan fingerprint density at radius 2 is 0.938 bits per heavy atom. The van der Waals surface area contributed by atoms with Gasteiger partial charge in [-0.25, -0.2) is 19.2 Å². The summed E-state index contributed by atoms with van der Waals surface area (Å²) in [5.74, 6) is -1.03. The minimum absolute atomic E-state index is 0.0711. The van der Waals surface area contributed by atoms with Crippen LogP contribution < -0.4 is 0 Å². The van der Waals surface area contributed by atoms with Crippen molar-refractivity contribution in [3.8, 4) is 0 Å². The normalized spacial score (nSPS) is 9.88. The molecule has 0 aliphatic carbocycles. The predicted octanol–water partition coefficient (Wildman–Crippen LogP) is 2.67. The van der Waals surface area contributed by atoms with E-state index in [2.05, 4.69) is 9.98 Å². The third-order valence-electron chi connectivity index (χ3n) is 3.85. The van der Waals surface area contributed by atoms with Gasteiger partial charge in [0.1, 0.15) is 13.2 Å². The third kappa shape index (κ3) is 8.83. The maximum Gasteiger partial charge on any atom is 0.338 e. The van der Waals surface area contributed by atoms with Crippen LogP contribution in [0.25, 0.3) is 0 Å². The first-order valence-electron chi connectivity index (χ1n) is 9.49. The van der Waals surface area contributed by atoms with E-state index in [0.29, 0.717) is 22.5 Å². The van der Waals surface area contributed by atoms with Gasteiger partial charge in [-0.05, 0) is 48.5 Å². The standard InChI is InChI=1S/C22H20N2O8/c25-15-23-19-5-1-17(2-6-19)21(27)31-13-11-29-9-10-30-12-14-32-22(28)18-3-7-20(8-4-18)24-16-26/h1-8H,9-14H2. The van der Waals surface area contributed by atoms with Crippen LogP contribution in [0.3, 0.4) is 0 Å². The van der Waals surface area contributed by atoms with E-state index in [1.165, 1.54) is 60.7 Å². The second-order valence-corrected chi connectivity index (χ2v) is 6.00. The van der Waals surface area contributed by atoms with Gasteiger partial charge in [0.05, 0.1) is 48.9 Å². The Morgan fingerprint density at radius 1 is 0.594 bits per heavy atom. The van der Waals surface area contributed by atoms with Crippen LogP contribution in [0, 0.1) is 0 Å². The SMILES string of the molecule is O=C=Nc1ccc(C(=O)OCCOCCOCCOC(=O)c2ccc(N=C=O)cc2)cc1. The van der Waals surface area contributed by atoms with E-state index in [4.69, 9.17) is 18.9 Å². The molecule has 0 bridgehead atoms. The fourth-order valence-electron chi connectivity index (χ4n) is 2.32. The van der Waals surface area contributed by atoms with Gasteiger partial charge < -0.3 is 18.9 Å². The molecule has 0 saturated carbocycles. The number of esters is 2. The Labute approximate surface area is 183 Å². The molecule has 0 fully saturated rings. The molecule has 2 aromatic carbocycles. The highest BCUT2D eigenvalue weighted by molar-refractivity contribution is 5.90. The summed E-state index contributed by atoms with van der Waals surface area (Å²) in [6, 6.07) is 12.0. The zero-order chi connectivity index (χ0) is 23.0. The van der Waals surface area contributed by atoms with Crippen LogP contribution in [-0.4, -0.2) is 63.7 Å². The molecule has 0 N–H and O–H groups in total. The number of nitrogens with zero attached hydrogens (tertiary/aromatic N) is 2. The molecule has 2 rings (SSSR count). The van der Waals surface area contributed by atoms with E-state index in [1.54, 1.807) is 0 Å². The highest BCUT2D eigenvalue weighted by atomic mass is 16.6. The molecule has 0 amide bonds. The number of isocyanates is 2. The Kier molecular flexibility index (Phi) is 10.7. The highest BCUT2D eigenvalue weighted by Gasteiger charge is 2.07. The molecule has 0 heterocycles. The van der Waals surface area contributed by atoms with Gasteiger partial charge in [0, 0.05) is 0 Å². The molecule has 0 aromatic heterocycles. The third-order valence-corrected chi connectivity index (χ3v) is 3.85. The molecule has 0 spiro atoms. The summed E-state index contributed by atoms with van der Waals surface area (Å²) in [5.41, 5.74) is 1.46. The van der Waals surface area contributed by atoms with Gasteiger partial charge in [-0.1, -0.05) is 0 Å². The van der Waals surface area contributed by atoms with Crippen molar-refractivity contribution in [1.29, 1.82) is 0 Å². The number of hydrogen-bond acceptors (Lipinski definition) is 10. The van der Waals surface area contributed by atoms with Gasteiger partial charge in [0.15, 0.2) is 0 Å². The number of aliphatic imine (C=N–C) groups is 2. The van der Waals surface area contributed by atoms with Crippen LogP contribution in [0.4, 0.5) is 11.4 Å². The van der Waals surface area contributed by atoms with Crippen LogP contribution in [0.5, 0.6) is 0 Å². The number of benzene rings is 2. The highest BCUT2D eigenvalue weighted by Crippen LogP contribution is 2.13. The van der Waals surface area contributed by atoms with Crippen molar-refractivity contribution in [2.45, 2.75) is 0 Å². The molecular weight excluding hydrogens is 420 g/mol. The lowest BCUT2D eigenvalue weighted by Gasteiger charge is -2.08. The topological polar surface area (TPSA) is 130 Å². The Balaban J connectivity index is 1.49. The lowest BCUT2D eigenvalue weighted by atomic mass is 10.2. The lowest BCUT2D eigenvalue weighted by molar-refractivity contribution is 0.00230. The summed E-state index contributed by atoms with van der Waals surface area (Å²) in [6.07, 6.45) is 2.83. The number of carbonyl (C=O) groups excluding carboxylic acids is 4. The van der Waals surface area contributed by atoms with Crippen molar-refractivity contribution in [2.24, 2.45) is 9.98 Å². The zero-order valence-electron chi connectivity index (χ0n) is 17.0. The van der Waals surface area contributed by atoms with Crippen LogP contribution in [0.1, 0.15) is 20.7 Å². The number of rotatable bonds is 13. The average Bonchev–Trinajstić information content (AvgIpc) is 2.81. The quantitative estimate of drug-likeness (QED) is 0.201. The molecule has 0 aliphatic rings. The number of carbonyl (C=O) groups is 2. The van der Waals surface area contributed by atoms with Gasteiger partial charge in [-0.3, -0.25) is 0 Å². The van der Waals surface area contributed by atoms with E-state index in [1.807, 2.05) is 0 Å². The zero-order valence-corrected chi connectivity index (χ0v) is 17.0. The van der Waals surface area contributed by atoms with E-state index < -0.39 is 11.9 Å². The van der Waals surface area contributed by atoms with E-state index in [-0.39, 0.29) is 39.6 Å². The van der Waals surface area contributed by atoms with Gasteiger partial charge in [-0.2, -0.15) is 9.98 Å². The summed E-state index contributed by atoms with van der Waals surface area (Å²) in [7, 11) is 0. The fourth-order valence-corrected chi connectivity index (χ4v) is 2.32. The molecule has 10 heteroatoms. The monoisotopic (exact) mass is 440 g/mol. The van der Waals surface area contributed by atoms with Crippen molar-refractivity contribution in [2.75, 3.05) is 39.6 Å². The molecule has 0 unspecified atom stereocenters. The Bertz CT molecular complexity index is 894. The number of hydrogen-bond donors (Lipinski definition) is 0. The molecule has 0 aliphatic heterocycles. The van der Waals surface area contributed by atoms with Crippen molar-refractivity contribution in [1.82, 2.24) is 0 Å². The molecule has 166 valence electrons. The molecule has 10 nitrogen and oxygen atoms in total. The van der Waals surface area contributed by atoms with E-state index >= 15 is 0 Å². The second kappa shape index (κ2) is 14.1. The van der Waals surface area contributed by atoms with Crippen molar-refractivity contribution >= 4 is 35.5 Å². The summed E-state index contributed by atoms with van der Waals surface area (Å²) in [4.78, 5) is 50.9. The summed E-state index contributed by atoms with van der Waals surface area (Å²) < 4.78 is 20.7. The van der Waals surface area contributed by atoms with Gasteiger partial charge in [0.2, 0.25) is 12.2 Å². The predicted molar refractivity (Wildman–Crippen MR) is 111 cm³/mol. The molecule has 0 radical (unpaired) electrons. The first-order chi connectivity index (χ1) is 15.6. The van der Waals surface area contributed by atoms with Crippen LogP contribution in [0.15, 0.2) is 58.5 Å². The lowest BCUT2D eigenvalue weighted by Crippen LogP contribution is -2.15. The first-order valence-corrected chi connectivity index (χ1v) is 9.49. The smallest absolute Gasteiger partial charge is 0.338 e. The average molecular weight is 440 g/mol. The van der Waals surface area contributed by atoms with E-state index in [9.17, 15) is 19.2 Å². The van der Waals surface area contributed by atoms with E-state index in [0.717, 1.165) is 0 Å². The molecule has 0 atom stereocenters. The Morgan fingerprint density at radius 3 is 1.28 bits per heavy atom. The van der Waals surface area contributed by atoms with Gasteiger partial charge in [-0.15, -0.1) is 0 Å². The largest absolute Gasteiger partial charge is 0.460 e. The van der Waals surface area contributed by atoms with Crippen LogP contribution in [0.2, 0.25) is 0 Å². The fraction of sp³-hybridized carbons (Fsp3) is 0.273. The second-order valence-electron chi connectivity index (χ2n) is 6.00. The van der Waals surface area contributed by atoms with Crippen molar-refractivity contribution < 1.29 is 38.1 Å². The molecular formula is C22H20N2O8. The minimum atomic E-state index is -0.514. The van der Waals surface area contributed by atoms with Crippen molar-refractivity contribution in [3.63, 3.8) is 0 Å². The summed E-state index contributed by atoms with van der Waals surface area (Å²) in [5, 5.41) is 0. The maximum atomic E-state index is 11.9. The number of ether oxygens (including phenoxy) is 4. The molecule has 0 saturated heterocycles. The van der Waals surface area contributed by atoms with Gasteiger partial charge >= 0.3 is 11.9 Å². The Hall–Kier alpha value is -3.94. The molecule has 2 aromatic rings. The minimum Gasteiger partial charge on any atom is -0.460 e. The van der Waals surface area contributed by atoms with Crippen molar-refractivity contribution in [3.05, 3.63) is 59.7 Å². The molecule has 32 heavy (non-hydrogen) atoms. The van der Waals surface area contributed by atoms with Crippen LogP contribution in [-0.2, 0) is 28.5 Å². The van der Waals surface area contributed by atoms with Gasteiger partial charge in [0.25, 0.3) is 0 Å². The summed E-state index contributed by atoms with van der Waals surface area (Å²) in [6.45, 7) is 1.10.